The second-order valence-corrected chi connectivity index (χ2v) is 7.00. The first-order valence-corrected chi connectivity index (χ1v) is 8.24. The molecule has 5 N–H and O–H groups in total. The number of fused-ring (bicyclic) bond motifs is 1. The molecule has 2 aliphatic rings. The van der Waals surface area contributed by atoms with Crippen LogP contribution in [0, 0.1) is 11.8 Å². The molecule has 1 heterocycles. The van der Waals surface area contributed by atoms with Gasteiger partial charge in [0.15, 0.2) is 5.13 Å². The maximum absolute atomic E-state index is 12.3. The molecule has 1 aromatic rings. The number of nitrogens with two attached hydrogens (primary N) is 2. The van der Waals surface area contributed by atoms with Gasteiger partial charge in [-0.3, -0.25) is 4.79 Å². The normalized spacial score (nSPS) is 29.2. The van der Waals surface area contributed by atoms with Crippen molar-refractivity contribution in [1.82, 2.24) is 4.98 Å². The highest BCUT2D eigenvalue weighted by Gasteiger charge is 2.32. The van der Waals surface area contributed by atoms with Gasteiger partial charge in [0.2, 0.25) is 5.91 Å². The van der Waals surface area contributed by atoms with E-state index in [-0.39, 0.29) is 17.9 Å². The number of rotatable bonds is 3. The van der Waals surface area contributed by atoms with E-state index in [1.165, 1.54) is 4.88 Å². The quantitative estimate of drug-likeness (QED) is 0.782. The van der Waals surface area contributed by atoms with E-state index in [1.807, 2.05) is 0 Å². The number of aromatic nitrogens is 1. The molecule has 1 saturated carbocycles. The van der Waals surface area contributed by atoms with Gasteiger partial charge in [-0.2, -0.15) is 0 Å². The highest BCUT2D eigenvalue weighted by molar-refractivity contribution is 7.15. The van der Waals surface area contributed by atoms with Gasteiger partial charge in [0.1, 0.15) is 0 Å². The fourth-order valence-corrected chi connectivity index (χ4v) is 4.42. The van der Waals surface area contributed by atoms with Gasteiger partial charge >= 0.3 is 0 Å². The Morgan fingerprint density at radius 3 is 3.05 bits per heavy atom. The van der Waals surface area contributed by atoms with E-state index in [4.69, 9.17) is 11.5 Å². The number of hydrogen-bond acceptors (Lipinski definition) is 5. The van der Waals surface area contributed by atoms with Gasteiger partial charge in [0.05, 0.1) is 5.69 Å². The standard InChI is InChI=1S/C14H22N4OS/c15-7-8-2-1-3-10(8)13(19)18-14-17-11-5-4-9(16)6-12(11)20-14/h8-10H,1-7,15-16H2,(H,17,18,19)/t8-,9+,10-/m1/s1. The van der Waals surface area contributed by atoms with E-state index >= 15 is 0 Å². The summed E-state index contributed by atoms with van der Waals surface area (Å²) in [5.74, 6) is 0.481. The monoisotopic (exact) mass is 294 g/mol. The van der Waals surface area contributed by atoms with Crippen molar-refractivity contribution in [3.8, 4) is 0 Å². The van der Waals surface area contributed by atoms with E-state index in [0.29, 0.717) is 12.5 Å². The number of nitrogens with zero attached hydrogens (tertiary/aromatic N) is 1. The summed E-state index contributed by atoms with van der Waals surface area (Å²) in [7, 11) is 0. The molecule has 5 nitrogen and oxygen atoms in total. The molecule has 0 aromatic carbocycles. The van der Waals surface area contributed by atoms with Crippen LogP contribution in [0.2, 0.25) is 0 Å². The van der Waals surface area contributed by atoms with Gasteiger partial charge in [0, 0.05) is 16.8 Å². The van der Waals surface area contributed by atoms with Gasteiger partial charge in [-0.1, -0.05) is 6.42 Å². The Labute approximate surface area is 123 Å². The molecule has 1 aromatic heterocycles. The Bertz CT molecular complexity index is 501. The second kappa shape index (κ2) is 5.79. The summed E-state index contributed by atoms with van der Waals surface area (Å²) in [5.41, 5.74) is 12.8. The van der Waals surface area contributed by atoms with Crippen LogP contribution >= 0.6 is 11.3 Å². The van der Waals surface area contributed by atoms with Gasteiger partial charge in [-0.15, -0.1) is 11.3 Å². The van der Waals surface area contributed by atoms with Crippen molar-refractivity contribution < 1.29 is 4.79 Å². The number of amides is 1. The minimum atomic E-state index is 0.0585. The Hall–Kier alpha value is -0.980. The summed E-state index contributed by atoms with van der Waals surface area (Å²) < 4.78 is 0. The molecule has 0 unspecified atom stereocenters. The second-order valence-electron chi connectivity index (χ2n) is 5.91. The van der Waals surface area contributed by atoms with E-state index < -0.39 is 0 Å². The molecule has 1 amide bonds. The van der Waals surface area contributed by atoms with Crippen molar-refractivity contribution in [2.24, 2.45) is 23.3 Å². The van der Waals surface area contributed by atoms with Crippen LogP contribution in [0.4, 0.5) is 5.13 Å². The molecule has 0 spiro atoms. The zero-order valence-electron chi connectivity index (χ0n) is 11.6. The van der Waals surface area contributed by atoms with Crippen molar-refractivity contribution in [1.29, 1.82) is 0 Å². The fraction of sp³-hybridized carbons (Fsp3) is 0.714. The van der Waals surface area contributed by atoms with Gasteiger partial charge < -0.3 is 16.8 Å². The summed E-state index contributed by atoms with van der Waals surface area (Å²) >= 11 is 1.58. The van der Waals surface area contributed by atoms with E-state index in [1.54, 1.807) is 11.3 Å². The molecule has 0 saturated heterocycles. The molecule has 0 radical (unpaired) electrons. The maximum atomic E-state index is 12.3. The SMILES string of the molecule is NC[C@H]1CCC[C@H]1C(=O)Nc1nc2c(s1)C[C@@H](N)CC2. The zero-order valence-corrected chi connectivity index (χ0v) is 12.4. The molecule has 1 fully saturated rings. The summed E-state index contributed by atoms with van der Waals surface area (Å²) in [6, 6.07) is 0.239. The van der Waals surface area contributed by atoms with Crippen molar-refractivity contribution >= 4 is 22.4 Å². The lowest BCUT2D eigenvalue weighted by molar-refractivity contribution is -0.120. The van der Waals surface area contributed by atoms with E-state index in [0.717, 1.165) is 49.4 Å². The zero-order chi connectivity index (χ0) is 14.1. The Morgan fingerprint density at radius 1 is 1.40 bits per heavy atom. The Balaban J connectivity index is 1.67. The van der Waals surface area contributed by atoms with Gasteiger partial charge in [-0.25, -0.2) is 4.98 Å². The van der Waals surface area contributed by atoms with Crippen LogP contribution in [0.15, 0.2) is 0 Å². The third-order valence-corrected chi connectivity index (χ3v) is 5.54. The van der Waals surface area contributed by atoms with Crippen molar-refractivity contribution in [3.63, 3.8) is 0 Å². The highest BCUT2D eigenvalue weighted by Crippen LogP contribution is 2.33. The van der Waals surface area contributed by atoms with Crippen LogP contribution in [-0.2, 0) is 17.6 Å². The molecule has 2 aliphatic carbocycles. The van der Waals surface area contributed by atoms with Crippen LogP contribution in [0.5, 0.6) is 0 Å². The third-order valence-electron chi connectivity index (χ3n) is 4.51. The number of aryl methyl sites for hydroxylation is 1. The number of carbonyl (C=O) groups excluding carboxylic acids is 1. The number of nitrogens with one attached hydrogen (secondary N) is 1. The van der Waals surface area contributed by atoms with Crippen molar-refractivity contribution in [3.05, 3.63) is 10.6 Å². The minimum absolute atomic E-state index is 0.0585. The number of thiazole rings is 1. The Morgan fingerprint density at radius 2 is 2.25 bits per heavy atom. The number of anilines is 1. The molecule has 6 heteroatoms. The summed E-state index contributed by atoms with van der Waals surface area (Å²) in [5, 5.41) is 3.73. The fourth-order valence-electron chi connectivity index (χ4n) is 3.32. The van der Waals surface area contributed by atoms with E-state index in [2.05, 4.69) is 10.3 Å². The minimum Gasteiger partial charge on any atom is -0.330 e. The topological polar surface area (TPSA) is 94.0 Å². The van der Waals surface area contributed by atoms with E-state index in [9.17, 15) is 4.79 Å². The average molecular weight is 294 g/mol. The first-order valence-electron chi connectivity index (χ1n) is 7.42. The number of carbonyl (C=O) groups is 1. The Kier molecular flexibility index (Phi) is 4.05. The van der Waals surface area contributed by atoms with Gasteiger partial charge in [-0.05, 0) is 44.6 Å². The summed E-state index contributed by atoms with van der Waals surface area (Å²) in [6.07, 6.45) is 5.92. The average Bonchev–Trinajstić information content (AvgIpc) is 3.03. The molecule has 0 aliphatic heterocycles. The highest BCUT2D eigenvalue weighted by atomic mass is 32.1. The van der Waals surface area contributed by atoms with Crippen molar-refractivity contribution in [2.45, 2.75) is 44.6 Å². The molecule has 3 rings (SSSR count). The largest absolute Gasteiger partial charge is 0.330 e. The third kappa shape index (κ3) is 2.73. The molecule has 0 bridgehead atoms. The van der Waals surface area contributed by atoms with Crippen LogP contribution in [-0.4, -0.2) is 23.5 Å². The lowest BCUT2D eigenvalue weighted by Crippen LogP contribution is -2.29. The summed E-state index contributed by atoms with van der Waals surface area (Å²) in [6.45, 7) is 0.599. The lowest BCUT2D eigenvalue weighted by atomic mass is 9.95. The maximum Gasteiger partial charge on any atom is 0.229 e. The van der Waals surface area contributed by atoms with Crippen molar-refractivity contribution in [2.75, 3.05) is 11.9 Å². The van der Waals surface area contributed by atoms with Crippen LogP contribution in [0.1, 0.15) is 36.3 Å². The molecular formula is C14H22N4OS. The predicted octanol–water partition coefficient (Wildman–Crippen LogP) is 1.27. The smallest absolute Gasteiger partial charge is 0.229 e. The molecule has 20 heavy (non-hydrogen) atoms. The molecular weight excluding hydrogens is 272 g/mol. The first kappa shape index (κ1) is 14.0. The number of hydrogen-bond donors (Lipinski definition) is 3. The van der Waals surface area contributed by atoms with Crippen LogP contribution < -0.4 is 16.8 Å². The van der Waals surface area contributed by atoms with Gasteiger partial charge in [0.25, 0.3) is 0 Å². The molecule has 110 valence electrons. The lowest BCUT2D eigenvalue weighted by Gasteiger charge is -2.16. The first-order chi connectivity index (χ1) is 9.67. The van der Waals surface area contributed by atoms with Crippen LogP contribution in [0.25, 0.3) is 0 Å². The van der Waals surface area contributed by atoms with Crippen LogP contribution in [0.3, 0.4) is 0 Å². The predicted molar refractivity (Wildman–Crippen MR) is 80.6 cm³/mol. The molecule has 3 atom stereocenters. The summed E-state index contributed by atoms with van der Waals surface area (Å²) in [4.78, 5) is 18.1.